The Morgan fingerprint density at radius 2 is 2.05 bits per heavy atom. The number of thiophene rings is 1. The fraction of sp³-hybridized carbons (Fsp3) is 0. The molecule has 0 saturated heterocycles. The van der Waals surface area contributed by atoms with Crippen molar-refractivity contribution in [3.05, 3.63) is 45.8 Å². The molecule has 0 fully saturated rings. The molecule has 2 aromatic rings. The Kier molecular flexibility index (Phi) is 4.18. The van der Waals surface area contributed by atoms with Crippen LogP contribution in [0.4, 0.5) is 5.69 Å². The Morgan fingerprint density at radius 1 is 1.33 bits per heavy atom. The average molecular weight is 343 g/mol. The Balaban J connectivity index is 2.37. The highest BCUT2D eigenvalue weighted by atomic mass is 35.5. The fourth-order valence-corrected chi connectivity index (χ4v) is 3.88. The van der Waals surface area contributed by atoms with E-state index in [0.29, 0.717) is 11.3 Å². The number of nitrogens with one attached hydrogen (secondary N) is 1. The molecule has 6 nitrogen and oxygen atoms in total. The van der Waals surface area contributed by atoms with Crippen LogP contribution in [-0.4, -0.2) is 19.5 Å². The number of anilines is 1. The summed E-state index contributed by atoms with van der Waals surface area (Å²) in [5, 5.41) is 17.7. The quantitative estimate of drug-likeness (QED) is 0.888. The number of nitrogens with zero attached hydrogens (tertiary/aromatic N) is 1. The van der Waals surface area contributed by atoms with Crippen molar-refractivity contribution in [2.45, 2.75) is 4.21 Å². The Hall–Kier alpha value is -2.08. The van der Waals surface area contributed by atoms with E-state index in [9.17, 15) is 13.2 Å². The van der Waals surface area contributed by atoms with Gasteiger partial charge in [0.15, 0.2) is 0 Å². The molecule has 2 rings (SSSR count). The average Bonchev–Trinajstić information content (AvgIpc) is 2.92. The summed E-state index contributed by atoms with van der Waals surface area (Å²) in [6.45, 7) is 0. The van der Waals surface area contributed by atoms with E-state index in [0.717, 1.165) is 0 Å². The van der Waals surface area contributed by atoms with Gasteiger partial charge in [-0.05, 0) is 30.3 Å². The number of nitriles is 1. The topological polar surface area (TPSA) is 107 Å². The first-order chi connectivity index (χ1) is 9.83. The maximum Gasteiger partial charge on any atom is 0.345 e. The summed E-state index contributed by atoms with van der Waals surface area (Å²) in [5.41, 5.74) is 0.301. The molecule has 1 aromatic carbocycles. The summed E-state index contributed by atoms with van der Waals surface area (Å²) in [6, 6.07) is 8.41. The highest BCUT2D eigenvalue weighted by molar-refractivity contribution is 7.94. The molecule has 0 amide bonds. The van der Waals surface area contributed by atoms with Crippen molar-refractivity contribution in [1.29, 1.82) is 5.26 Å². The predicted octanol–water partition coefficient (Wildman–Crippen LogP) is 2.77. The molecule has 1 aromatic heterocycles. The summed E-state index contributed by atoms with van der Waals surface area (Å²) >= 11 is 6.50. The summed E-state index contributed by atoms with van der Waals surface area (Å²) in [4.78, 5) is 10.7. The lowest BCUT2D eigenvalue weighted by atomic mass is 10.2. The van der Waals surface area contributed by atoms with Gasteiger partial charge in [-0.25, -0.2) is 13.2 Å². The number of halogens is 1. The second-order valence-electron chi connectivity index (χ2n) is 3.84. The lowest BCUT2D eigenvalue weighted by molar-refractivity contribution is 0.0702. The van der Waals surface area contributed by atoms with Gasteiger partial charge in [0.2, 0.25) is 0 Å². The van der Waals surface area contributed by atoms with Gasteiger partial charge in [0.05, 0.1) is 22.3 Å². The molecule has 0 saturated carbocycles. The minimum Gasteiger partial charge on any atom is -0.477 e. The normalized spacial score (nSPS) is 10.9. The van der Waals surface area contributed by atoms with Crippen molar-refractivity contribution >= 4 is 44.6 Å². The van der Waals surface area contributed by atoms with Crippen LogP contribution in [0.25, 0.3) is 0 Å². The molecule has 0 aliphatic heterocycles. The number of aromatic carboxylic acids is 1. The van der Waals surface area contributed by atoms with Gasteiger partial charge in [-0.3, -0.25) is 4.72 Å². The van der Waals surface area contributed by atoms with Crippen LogP contribution in [0.15, 0.2) is 34.5 Å². The fourth-order valence-electron chi connectivity index (χ4n) is 1.45. The summed E-state index contributed by atoms with van der Waals surface area (Å²) in [6.07, 6.45) is 0. The SMILES string of the molecule is N#Cc1ccc(Cl)c(NS(=O)(=O)c2ccc(C(=O)O)s2)c1. The summed E-state index contributed by atoms with van der Waals surface area (Å²) in [5.74, 6) is -1.20. The number of benzene rings is 1. The minimum absolute atomic E-state index is 0.0565. The van der Waals surface area contributed by atoms with Crippen LogP contribution in [0.3, 0.4) is 0 Å². The molecule has 1 heterocycles. The highest BCUT2D eigenvalue weighted by Crippen LogP contribution is 2.28. The number of carboxylic acids is 1. The van der Waals surface area contributed by atoms with Gasteiger partial charge in [0.1, 0.15) is 9.09 Å². The van der Waals surface area contributed by atoms with Crippen LogP contribution in [-0.2, 0) is 10.0 Å². The number of rotatable bonds is 4. The van der Waals surface area contributed by atoms with Gasteiger partial charge in [-0.2, -0.15) is 5.26 Å². The molecule has 0 spiro atoms. The van der Waals surface area contributed by atoms with Crippen LogP contribution in [0, 0.1) is 11.3 Å². The molecule has 2 N–H and O–H groups in total. The second kappa shape index (κ2) is 5.73. The number of carboxylic acid groups (broad SMARTS) is 1. The molecular weight excluding hydrogens is 336 g/mol. The van der Waals surface area contributed by atoms with E-state index in [-0.39, 0.29) is 25.4 Å². The molecule has 0 radical (unpaired) electrons. The van der Waals surface area contributed by atoms with E-state index in [1.54, 1.807) is 0 Å². The lowest BCUT2D eigenvalue weighted by Gasteiger charge is -2.08. The Morgan fingerprint density at radius 3 is 2.62 bits per heavy atom. The van der Waals surface area contributed by atoms with Crippen molar-refractivity contribution in [2.24, 2.45) is 0 Å². The van der Waals surface area contributed by atoms with E-state index in [4.69, 9.17) is 22.0 Å². The van der Waals surface area contributed by atoms with Crippen LogP contribution in [0.5, 0.6) is 0 Å². The maximum atomic E-state index is 12.2. The molecule has 9 heteroatoms. The number of sulfonamides is 1. The van der Waals surface area contributed by atoms with Gasteiger partial charge in [0.25, 0.3) is 10.0 Å². The van der Waals surface area contributed by atoms with E-state index >= 15 is 0 Å². The van der Waals surface area contributed by atoms with Crippen LogP contribution < -0.4 is 4.72 Å². The first-order valence-corrected chi connectivity index (χ1v) is 8.07. The molecule has 0 unspecified atom stereocenters. The molecule has 0 atom stereocenters. The molecule has 108 valence electrons. The monoisotopic (exact) mass is 342 g/mol. The summed E-state index contributed by atoms with van der Waals surface area (Å²) < 4.78 is 26.4. The standard InChI is InChI=1S/C12H7ClN2O4S2/c13-8-2-1-7(6-14)5-9(8)15-21(18,19)11-4-3-10(20-11)12(16)17/h1-5,15H,(H,16,17). The third-order valence-electron chi connectivity index (χ3n) is 2.40. The lowest BCUT2D eigenvalue weighted by Crippen LogP contribution is -2.12. The predicted molar refractivity (Wildman–Crippen MR) is 78.3 cm³/mol. The zero-order chi connectivity index (χ0) is 15.6. The van der Waals surface area contributed by atoms with Gasteiger partial charge in [0, 0.05) is 0 Å². The first kappa shape index (κ1) is 15.3. The molecular formula is C12H7ClN2O4S2. The van der Waals surface area contributed by atoms with Crippen LogP contribution in [0.1, 0.15) is 15.2 Å². The number of hydrogen-bond donors (Lipinski definition) is 2. The zero-order valence-electron chi connectivity index (χ0n) is 10.2. The van der Waals surface area contributed by atoms with Crippen molar-refractivity contribution in [1.82, 2.24) is 0 Å². The summed E-state index contributed by atoms with van der Waals surface area (Å²) in [7, 11) is -3.96. The first-order valence-electron chi connectivity index (χ1n) is 5.39. The van der Waals surface area contributed by atoms with Gasteiger partial charge >= 0.3 is 5.97 Å². The van der Waals surface area contributed by atoms with Crippen LogP contribution >= 0.6 is 22.9 Å². The smallest absolute Gasteiger partial charge is 0.345 e. The minimum atomic E-state index is -3.96. The largest absolute Gasteiger partial charge is 0.477 e. The van der Waals surface area contributed by atoms with Crippen molar-refractivity contribution in [3.8, 4) is 6.07 Å². The number of hydrogen-bond acceptors (Lipinski definition) is 5. The van der Waals surface area contributed by atoms with Gasteiger partial charge in [-0.15, -0.1) is 11.3 Å². The highest BCUT2D eigenvalue weighted by Gasteiger charge is 2.20. The van der Waals surface area contributed by atoms with E-state index in [1.165, 1.54) is 30.3 Å². The van der Waals surface area contributed by atoms with Gasteiger partial charge < -0.3 is 5.11 Å². The number of carbonyl (C=O) groups is 1. The molecule has 21 heavy (non-hydrogen) atoms. The van der Waals surface area contributed by atoms with E-state index in [1.807, 2.05) is 6.07 Å². The van der Waals surface area contributed by atoms with Crippen LogP contribution in [0.2, 0.25) is 5.02 Å². The third kappa shape index (κ3) is 3.33. The third-order valence-corrected chi connectivity index (χ3v) is 5.66. The van der Waals surface area contributed by atoms with Crippen molar-refractivity contribution in [3.63, 3.8) is 0 Å². The second-order valence-corrected chi connectivity index (χ2v) is 7.24. The van der Waals surface area contributed by atoms with E-state index in [2.05, 4.69) is 4.72 Å². The molecule has 0 aliphatic rings. The maximum absolute atomic E-state index is 12.2. The van der Waals surface area contributed by atoms with E-state index < -0.39 is 16.0 Å². The Labute approximate surface area is 129 Å². The van der Waals surface area contributed by atoms with Crippen molar-refractivity contribution in [2.75, 3.05) is 4.72 Å². The molecule has 0 bridgehead atoms. The van der Waals surface area contributed by atoms with Crippen molar-refractivity contribution < 1.29 is 18.3 Å². The Bertz CT molecular complexity index is 852. The molecule has 0 aliphatic carbocycles. The van der Waals surface area contributed by atoms with Gasteiger partial charge in [-0.1, -0.05) is 11.6 Å². The zero-order valence-corrected chi connectivity index (χ0v) is 12.6.